The van der Waals surface area contributed by atoms with Crippen molar-refractivity contribution in [3.63, 3.8) is 0 Å². The molecular formula is C14H16N2O. The Balaban J connectivity index is 2.27. The summed E-state index contributed by atoms with van der Waals surface area (Å²) in [7, 11) is 0. The van der Waals surface area contributed by atoms with E-state index in [4.69, 9.17) is 5.26 Å². The van der Waals surface area contributed by atoms with Gasteiger partial charge in [-0.25, -0.2) is 0 Å². The van der Waals surface area contributed by atoms with Gasteiger partial charge in [-0.3, -0.25) is 4.79 Å². The summed E-state index contributed by atoms with van der Waals surface area (Å²) in [5, 5.41) is 9.01. The maximum absolute atomic E-state index is 11.3. The van der Waals surface area contributed by atoms with Crippen LogP contribution in [-0.4, -0.2) is 18.4 Å². The van der Waals surface area contributed by atoms with Crippen molar-refractivity contribution in [1.29, 1.82) is 5.26 Å². The average Bonchev–Trinajstić information content (AvgIpc) is 2.70. The molecule has 1 heterocycles. The lowest BCUT2D eigenvalue weighted by Gasteiger charge is -2.25. The van der Waals surface area contributed by atoms with Crippen LogP contribution in [0.25, 0.3) is 0 Å². The molecule has 0 saturated carbocycles. The lowest BCUT2D eigenvalue weighted by atomic mass is 10.0. The second-order valence-corrected chi connectivity index (χ2v) is 4.56. The normalized spacial score (nSPS) is 23.5. The molecule has 2 atom stereocenters. The zero-order chi connectivity index (χ0) is 12.4. The summed E-state index contributed by atoms with van der Waals surface area (Å²) in [6, 6.07) is 10.2. The Morgan fingerprint density at radius 3 is 2.88 bits per heavy atom. The van der Waals surface area contributed by atoms with E-state index in [1.165, 1.54) is 0 Å². The quantitative estimate of drug-likeness (QED) is 0.731. The molecular weight excluding hydrogens is 212 g/mol. The van der Waals surface area contributed by atoms with Crippen LogP contribution < -0.4 is 4.90 Å². The van der Waals surface area contributed by atoms with Gasteiger partial charge in [-0.05, 0) is 32.4 Å². The van der Waals surface area contributed by atoms with E-state index in [2.05, 4.69) is 17.9 Å². The molecule has 0 aliphatic carbocycles. The van der Waals surface area contributed by atoms with E-state index in [0.29, 0.717) is 0 Å². The lowest BCUT2D eigenvalue weighted by molar-refractivity contribution is 0.101. The molecule has 3 nitrogen and oxygen atoms in total. The van der Waals surface area contributed by atoms with Crippen LogP contribution in [0.1, 0.15) is 30.6 Å². The Kier molecular flexibility index (Phi) is 3.14. The summed E-state index contributed by atoms with van der Waals surface area (Å²) in [5.74, 6) is 0.173. The van der Waals surface area contributed by atoms with Crippen molar-refractivity contribution in [3.05, 3.63) is 29.8 Å². The molecule has 0 spiro atoms. The third-order valence-corrected chi connectivity index (χ3v) is 3.51. The van der Waals surface area contributed by atoms with Crippen LogP contribution >= 0.6 is 0 Å². The van der Waals surface area contributed by atoms with Gasteiger partial charge in [0.15, 0.2) is 5.78 Å². The molecule has 2 unspecified atom stereocenters. The highest BCUT2D eigenvalue weighted by atomic mass is 16.1. The number of benzene rings is 1. The maximum Gasteiger partial charge on any atom is 0.159 e. The predicted molar refractivity (Wildman–Crippen MR) is 67.0 cm³/mol. The van der Waals surface area contributed by atoms with E-state index in [9.17, 15) is 4.79 Å². The first-order valence-corrected chi connectivity index (χ1v) is 5.90. The zero-order valence-electron chi connectivity index (χ0n) is 10.2. The van der Waals surface area contributed by atoms with Crippen molar-refractivity contribution in [2.45, 2.75) is 26.3 Å². The van der Waals surface area contributed by atoms with E-state index in [0.717, 1.165) is 24.2 Å². The summed E-state index contributed by atoms with van der Waals surface area (Å²) in [6.45, 7) is 4.53. The monoisotopic (exact) mass is 228 g/mol. The Hall–Kier alpha value is -1.82. The van der Waals surface area contributed by atoms with Crippen LogP contribution in [0.3, 0.4) is 0 Å². The van der Waals surface area contributed by atoms with Crippen LogP contribution in [0.5, 0.6) is 0 Å². The van der Waals surface area contributed by atoms with Gasteiger partial charge in [0, 0.05) is 23.8 Å². The Bertz CT molecular complexity index is 475. The molecule has 88 valence electrons. The van der Waals surface area contributed by atoms with E-state index in [1.54, 1.807) is 6.92 Å². The molecule has 1 saturated heterocycles. The second kappa shape index (κ2) is 4.58. The van der Waals surface area contributed by atoms with Crippen molar-refractivity contribution in [2.75, 3.05) is 11.4 Å². The first-order chi connectivity index (χ1) is 8.13. The second-order valence-electron chi connectivity index (χ2n) is 4.56. The third kappa shape index (κ3) is 2.16. The molecule has 0 radical (unpaired) electrons. The van der Waals surface area contributed by atoms with Crippen LogP contribution in [0.4, 0.5) is 5.69 Å². The fourth-order valence-corrected chi connectivity index (χ4v) is 2.38. The summed E-state index contributed by atoms with van der Waals surface area (Å²) in [4.78, 5) is 13.6. The van der Waals surface area contributed by atoms with Gasteiger partial charge >= 0.3 is 0 Å². The van der Waals surface area contributed by atoms with Gasteiger partial charge in [0.2, 0.25) is 0 Å². The Morgan fingerprint density at radius 1 is 1.53 bits per heavy atom. The van der Waals surface area contributed by atoms with Gasteiger partial charge in [0.1, 0.15) is 0 Å². The molecule has 1 aliphatic rings. The third-order valence-electron chi connectivity index (χ3n) is 3.51. The number of nitriles is 1. The minimum absolute atomic E-state index is 0.0792. The zero-order valence-corrected chi connectivity index (χ0v) is 10.2. The molecule has 1 fully saturated rings. The summed E-state index contributed by atoms with van der Waals surface area (Å²) < 4.78 is 0. The number of ketones is 1. The largest absolute Gasteiger partial charge is 0.367 e. The number of hydrogen-bond donors (Lipinski definition) is 0. The summed E-state index contributed by atoms with van der Waals surface area (Å²) >= 11 is 0. The fraction of sp³-hybridized carbons (Fsp3) is 0.429. The Morgan fingerprint density at radius 2 is 2.29 bits per heavy atom. The average molecular weight is 228 g/mol. The highest BCUT2D eigenvalue weighted by Crippen LogP contribution is 2.29. The number of nitrogens with zero attached hydrogens (tertiary/aromatic N) is 2. The van der Waals surface area contributed by atoms with Gasteiger partial charge < -0.3 is 4.90 Å². The molecule has 0 amide bonds. The molecule has 17 heavy (non-hydrogen) atoms. The molecule has 1 aliphatic heterocycles. The van der Waals surface area contributed by atoms with E-state index < -0.39 is 0 Å². The molecule has 1 aromatic rings. The van der Waals surface area contributed by atoms with Gasteiger partial charge in [0.25, 0.3) is 0 Å². The number of carbonyl (C=O) groups excluding carboxylic acids is 1. The van der Waals surface area contributed by atoms with Crippen molar-refractivity contribution in [3.8, 4) is 6.07 Å². The van der Waals surface area contributed by atoms with Crippen molar-refractivity contribution >= 4 is 11.5 Å². The molecule has 0 N–H and O–H groups in total. The van der Waals surface area contributed by atoms with Gasteiger partial charge in [-0.1, -0.05) is 12.1 Å². The number of anilines is 1. The molecule has 1 aromatic carbocycles. The highest BCUT2D eigenvalue weighted by Gasteiger charge is 2.30. The highest BCUT2D eigenvalue weighted by molar-refractivity contribution is 5.95. The molecule has 2 rings (SSSR count). The topological polar surface area (TPSA) is 44.1 Å². The minimum atomic E-state index is 0.0792. The van der Waals surface area contributed by atoms with Gasteiger partial charge in [0.05, 0.1) is 12.0 Å². The minimum Gasteiger partial charge on any atom is -0.367 e. The number of hydrogen-bond acceptors (Lipinski definition) is 3. The SMILES string of the molecule is CC(=O)c1cccc(N2CCC(C#N)C2C)c1. The fourth-order valence-electron chi connectivity index (χ4n) is 2.38. The van der Waals surface area contributed by atoms with Gasteiger partial charge in [-0.15, -0.1) is 0 Å². The molecule has 0 aromatic heterocycles. The van der Waals surface area contributed by atoms with Crippen molar-refractivity contribution in [1.82, 2.24) is 0 Å². The van der Waals surface area contributed by atoms with Crippen LogP contribution in [0.2, 0.25) is 0 Å². The predicted octanol–water partition coefficient (Wildman–Crippen LogP) is 2.63. The van der Waals surface area contributed by atoms with Crippen LogP contribution in [0, 0.1) is 17.2 Å². The van der Waals surface area contributed by atoms with Crippen molar-refractivity contribution in [2.24, 2.45) is 5.92 Å². The number of carbonyl (C=O) groups is 1. The van der Waals surface area contributed by atoms with E-state index in [1.807, 2.05) is 24.3 Å². The van der Waals surface area contributed by atoms with E-state index in [-0.39, 0.29) is 17.7 Å². The summed E-state index contributed by atoms with van der Waals surface area (Å²) in [5.41, 5.74) is 1.78. The first-order valence-electron chi connectivity index (χ1n) is 5.90. The lowest BCUT2D eigenvalue weighted by Crippen LogP contribution is -2.29. The smallest absolute Gasteiger partial charge is 0.159 e. The van der Waals surface area contributed by atoms with Crippen LogP contribution in [0.15, 0.2) is 24.3 Å². The van der Waals surface area contributed by atoms with Crippen molar-refractivity contribution < 1.29 is 4.79 Å². The molecule has 3 heteroatoms. The number of rotatable bonds is 2. The van der Waals surface area contributed by atoms with E-state index >= 15 is 0 Å². The Labute approximate surface area is 102 Å². The summed E-state index contributed by atoms with van der Waals surface area (Å²) in [6.07, 6.45) is 0.905. The number of Topliss-reactive ketones (excluding diaryl/α,β-unsaturated/α-hetero) is 1. The maximum atomic E-state index is 11.3. The van der Waals surface area contributed by atoms with Gasteiger partial charge in [-0.2, -0.15) is 5.26 Å². The molecule has 0 bridgehead atoms. The first kappa shape index (κ1) is 11.7. The van der Waals surface area contributed by atoms with Crippen LogP contribution in [-0.2, 0) is 0 Å². The standard InChI is InChI=1S/C14H16N2O/c1-10-13(9-15)6-7-16(10)14-5-3-4-12(8-14)11(2)17/h3-5,8,10,13H,6-7H2,1-2H3.